The molecule has 2 heterocycles. The van der Waals surface area contributed by atoms with Crippen LogP contribution in [0.5, 0.6) is 5.75 Å². The number of nitrogens with zero attached hydrogens (tertiary/aromatic N) is 3. The number of ether oxygens (including phenoxy) is 1. The first-order valence-electron chi connectivity index (χ1n) is 11.7. The minimum Gasteiger partial charge on any atom is -0.495 e. The number of imidazole rings is 1. The van der Waals surface area contributed by atoms with Crippen LogP contribution in [0, 0.1) is 12.7 Å². The van der Waals surface area contributed by atoms with Crippen molar-refractivity contribution in [1.29, 1.82) is 0 Å². The number of hydrogen-bond acceptors (Lipinski definition) is 4. The highest BCUT2D eigenvalue weighted by atomic mass is 19.1. The smallest absolute Gasteiger partial charge is 0.317 e. The van der Waals surface area contributed by atoms with E-state index < -0.39 is 0 Å². The highest BCUT2D eigenvalue weighted by Crippen LogP contribution is 2.25. The monoisotopic (exact) mass is 479 g/mol. The molecule has 9 heteroatoms. The third-order valence-electron chi connectivity index (χ3n) is 6.08. The van der Waals surface area contributed by atoms with Crippen LogP contribution in [0.2, 0.25) is 0 Å². The average molecular weight is 480 g/mol. The molecular formula is C26H30FN5O3. The van der Waals surface area contributed by atoms with Gasteiger partial charge in [-0.1, -0.05) is 12.1 Å². The third-order valence-corrected chi connectivity index (χ3v) is 6.08. The van der Waals surface area contributed by atoms with E-state index in [4.69, 9.17) is 4.74 Å². The molecule has 1 fully saturated rings. The van der Waals surface area contributed by atoms with Crippen LogP contribution in [0.3, 0.4) is 0 Å². The summed E-state index contributed by atoms with van der Waals surface area (Å²) in [6.45, 7) is 3.45. The Hall–Kier alpha value is -3.88. The van der Waals surface area contributed by atoms with Gasteiger partial charge in [-0.15, -0.1) is 0 Å². The summed E-state index contributed by atoms with van der Waals surface area (Å²) in [7, 11) is 1.57. The summed E-state index contributed by atoms with van der Waals surface area (Å²) in [5.74, 6) is 0.0861. The fourth-order valence-electron chi connectivity index (χ4n) is 4.21. The van der Waals surface area contributed by atoms with Gasteiger partial charge in [0.15, 0.2) is 0 Å². The van der Waals surface area contributed by atoms with Gasteiger partial charge in [0.1, 0.15) is 11.6 Å². The van der Waals surface area contributed by atoms with Crippen molar-refractivity contribution in [2.24, 2.45) is 0 Å². The number of methoxy groups -OCH3 is 1. The largest absolute Gasteiger partial charge is 0.495 e. The number of rotatable bonds is 7. The normalized spacial score (nSPS) is 15.5. The Morgan fingerprint density at radius 2 is 2.00 bits per heavy atom. The molecule has 0 bridgehead atoms. The standard InChI is InChI=1S/C26H30FN5O3/c1-18-15-32(17-29-18)23-10-7-20(14-24(23)35-2)25(33)30-22-4-3-13-31(16-22)26(34)28-12-11-19-5-8-21(27)9-6-19/h5-10,14-15,17,22H,3-4,11-13,16H2,1-2H3,(H,28,34)(H,30,33). The number of carbonyl (C=O) groups is 2. The van der Waals surface area contributed by atoms with Crippen LogP contribution in [-0.4, -0.2) is 59.2 Å². The lowest BCUT2D eigenvalue weighted by molar-refractivity contribution is 0.0910. The van der Waals surface area contributed by atoms with E-state index in [9.17, 15) is 14.0 Å². The molecule has 1 atom stereocenters. The Balaban J connectivity index is 1.31. The van der Waals surface area contributed by atoms with E-state index >= 15 is 0 Å². The zero-order valence-electron chi connectivity index (χ0n) is 20.0. The second-order valence-electron chi connectivity index (χ2n) is 8.68. The number of aromatic nitrogens is 2. The first-order chi connectivity index (χ1) is 16.9. The summed E-state index contributed by atoms with van der Waals surface area (Å²) in [6.07, 6.45) is 5.82. The van der Waals surface area contributed by atoms with E-state index in [1.54, 1.807) is 42.6 Å². The number of hydrogen-bond donors (Lipinski definition) is 2. The van der Waals surface area contributed by atoms with Gasteiger partial charge in [-0.3, -0.25) is 4.79 Å². The summed E-state index contributed by atoms with van der Waals surface area (Å²) in [6, 6.07) is 11.3. The lowest BCUT2D eigenvalue weighted by atomic mass is 10.0. The van der Waals surface area contributed by atoms with Crippen LogP contribution in [0.25, 0.3) is 5.69 Å². The predicted octanol–water partition coefficient (Wildman–Crippen LogP) is 3.47. The lowest BCUT2D eigenvalue weighted by Crippen LogP contribution is -2.52. The molecule has 2 aromatic carbocycles. The van der Waals surface area contributed by atoms with Crippen LogP contribution < -0.4 is 15.4 Å². The average Bonchev–Trinajstić information content (AvgIpc) is 3.30. The first kappa shape index (κ1) is 24.3. The summed E-state index contributed by atoms with van der Waals surface area (Å²) in [5.41, 5.74) is 3.13. The zero-order valence-corrected chi connectivity index (χ0v) is 20.0. The topological polar surface area (TPSA) is 88.5 Å². The SMILES string of the molecule is COc1cc(C(=O)NC2CCCN(C(=O)NCCc3ccc(F)cc3)C2)ccc1-n1cnc(C)c1. The molecule has 184 valence electrons. The number of carbonyl (C=O) groups excluding carboxylic acids is 2. The molecule has 0 aliphatic carbocycles. The lowest BCUT2D eigenvalue weighted by Gasteiger charge is -2.33. The molecule has 1 aromatic heterocycles. The van der Waals surface area contributed by atoms with E-state index in [0.717, 1.165) is 29.8 Å². The molecule has 1 aliphatic heterocycles. The first-order valence-corrected chi connectivity index (χ1v) is 11.7. The number of aryl methyl sites for hydroxylation is 1. The maximum absolute atomic E-state index is 13.0. The van der Waals surface area contributed by atoms with Gasteiger partial charge >= 0.3 is 6.03 Å². The molecule has 4 rings (SSSR count). The summed E-state index contributed by atoms with van der Waals surface area (Å²) < 4.78 is 20.4. The number of amides is 3. The van der Waals surface area contributed by atoms with Crippen molar-refractivity contribution < 1.29 is 18.7 Å². The molecule has 0 saturated carbocycles. The summed E-state index contributed by atoms with van der Waals surface area (Å²) in [4.78, 5) is 31.5. The summed E-state index contributed by atoms with van der Waals surface area (Å²) >= 11 is 0. The quantitative estimate of drug-likeness (QED) is 0.543. The van der Waals surface area contributed by atoms with E-state index in [0.29, 0.717) is 37.4 Å². The number of likely N-dealkylation sites (tertiary alicyclic amines) is 1. The van der Waals surface area contributed by atoms with Crippen molar-refractivity contribution in [2.75, 3.05) is 26.7 Å². The van der Waals surface area contributed by atoms with Crippen molar-refractivity contribution in [3.05, 3.63) is 77.6 Å². The van der Waals surface area contributed by atoms with Crippen molar-refractivity contribution in [3.63, 3.8) is 0 Å². The molecule has 1 unspecified atom stereocenters. The number of halogens is 1. The number of urea groups is 1. The molecule has 0 radical (unpaired) electrons. The van der Waals surface area contributed by atoms with Gasteiger partial charge in [-0.25, -0.2) is 14.2 Å². The molecule has 35 heavy (non-hydrogen) atoms. The molecule has 2 N–H and O–H groups in total. The molecule has 1 aliphatic rings. The van der Waals surface area contributed by atoms with Crippen LogP contribution in [0.1, 0.15) is 34.5 Å². The van der Waals surface area contributed by atoms with E-state index in [1.165, 1.54) is 12.1 Å². The van der Waals surface area contributed by atoms with Gasteiger partial charge in [-0.05, 0) is 62.1 Å². The van der Waals surface area contributed by atoms with Gasteiger partial charge < -0.3 is 24.8 Å². The van der Waals surface area contributed by atoms with Crippen LogP contribution in [0.4, 0.5) is 9.18 Å². The fraction of sp³-hybridized carbons (Fsp3) is 0.346. The fourth-order valence-corrected chi connectivity index (χ4v) is 4.21. The Morgan fingerprint density at radius 1 is 1.20 bits per heavy atom. The zero-order chi connectivity index (χ0) is 24.8. The minimum absolute atomic E-state index is 0.138. The van der Waals surface area contributed by atoms with Gasteiger partial charge in [0, 0.05) is 37.4 Å². The van der Waals surface area contributed by atoms with Crippen molar-refractivity contribution in [3.8, 4) is 11.4 Å². The van der Waals surface area contributed by atoms with E-state index in [-0.39, 0.29) is 23.8 Å². The number of nitrogens with one attached hydrogen (secondary N) is 2. The molecular weight excluding hydrogens is 449 g/mol. The molecule has 3 amide bonds. The van der Waals surface area contributed by atoms with Crippen molar-refractivity contribution in [1.82, 2.24) is 25.1 Å². The molecule has 8 nitrogen and oxygen atoms in total. The van der Waals surface area contributed by atoms with Crippen LogP contribution in [0.15, 0.2) is 55.0 Å². The highest BCUT2D eigenvalue weighted by Gasteiger charge is 2.25. The summed E-state index contributed by atoms with van der Waals surface area (Å²) in [5, 5.41) is 5.97. The van der Waals surface area contributed by atoms with Crippen LogP contribution >= 0.6 is 0 Å². The van der Waals surface area contributed by atoms with Crippen LogP contribution in [-0.2, 0) is 6.42 Å². The Kier molecular flexibility index (Phi) is 7.64. The van der Waals surface area contributed by atoms with Gasteiger partial charge in [0.25, 0.3) is 5.91 Å². The second-order valence-corrected chi connectivity index (χ2v) is 8.68. The second kappa shape index (κ2) is 11.0. The van der Waals surface area contributed by atoms with Crippen molar-refractivity contribution >= 4 is 11.9 Å². The Morgan fingerprint density at radius 3 is 2.71 bits per heavy atom. The highest BCUT2D eigenvalue weighted by molar-refractivity contribution is 5.95. The maximum Gasteiger partial charge on any atom is 0.317 e. The minimum atomic E-state index is -0.276. The maximum atomic E-state index is 13.0. The number of piperidine rings is 1. The Bertz CT molecular complexity index is 1180. The Labute approximate surface area is 204 Å². The van der Waals surface area contributed by atoms with Gasteiger partial charge in [-0.2, -0.15) is 0 Å². The van der Waals surface area contributed by atoms with E-state index in [1.807, 2.05) is 23.8 Å². The van der Waals surface area contributed by atoms with Gasteiger partial charge in [0.2, 0.25) is 0 Å². The number of benzene rings is 2. The van der Waals surface area contributed by atoms with Gasteiger partial charge in [0.05, 0.1) is 24.8 Å². The predicted molar refractivity (Wildman–Crippen MR) is 130 cm³/mol. The van der Waals surface area contributed by atoms with Crippen molar-refractivity contribution in [2.45, 2.75) is 32.2 Å². The molecule has 1 saturated heterocycles. The molecule has 3 aromatic rings. The third kappa shape index (κ3) is 6.17. The van der Waals surface area contributed by atoms with E-state index in [2.05, 4.69) is 15.6 Å². The molecule has 0 spiro atoms.